The van der Waals surface area contributed by atoms with Crippen LogP contribution in [-0.4, -0.2) is 5.78 Å². The third kappa shape index (κ3) is 2.97. The zero-order valence-corrected chi connectivity index (χ0v) is 12.0. The summed E-state index contributed by atoms with van der Waals surface area (Å²) in [4.78, 5) is 13.4. The fourth-order valence-electron chi connectivity index (χ4n) is 2.46. The van der Waals surface area contributed by atoms with Gasteiger partial charge in [0.2, 0.25) is 0 Å². The van der Waals surface area contributed by atoms with Gasteiger partial charge >= 0.3 is 0 Å². The predicted octanol–water partition coefficient (Wildman–Crippen LogP) is 4.65. The number of hydrogen-bond donors (Lipinski definition) is 0. The van der Waals surface area contributed by atoms with Gasteiger partial charge < -0.3 is 0 Å². The summed E-state index contributed by atoms with van der Waals surface area (Å²) in [7, 11) is 0. The molecule has 0 saturated heterocycles. The van der Waals surface area contributed by atoms with Crippen LogP contribution in [0.2, 0.25) is 0 Å². The van der Waals surface area contributed by atoms with Gasteiger partial charge in [-0.15, -0.1) is 11.3 Å². The van der Waals surface area contributed by atoms with E-state index in [0.717, 1.165) is 12.0 Å². The molecule has 0 atom stereocenters. The third-order valence-electron chi connectivity index (χ3n) is 3.50. The number of rotatable bonds is 5. The van der Waals surface area contributed by atoms with Crippen LogP contribution in [0.5, 0.6) is 0 Å². The van der Waals surface area contributed by atoms with E-state index < -0.39 is 0 Å². The van der Waals surface area contributed by atoms with Crippen molar-refractivity contribution in [3.63, 3.8) is 0 Å². The normalized spacial score (nSPS) is 10.8. The van der Waals surface area contributed by atoms with Crippen LogP contribution < -0.4 is 0 Å². The van der Waals surface area contributed by atoms with Crippen molar-refractivity contribution in [3.8, 4) is 0 Å². The molecule has 1 aromatic heterocycles. The second kappa shape index (κ2) is 6.02. The lowest BCUT2D eigenvalue weighted by Gasteiger charge is -2.05. The molecule has 0 aliphatic carbocycles. The van der Waals surface area contributed by atoms with Crippen LogP contribution >= 0.6 is 11.3 Å². The second-order valence-electron chi connectivity index (χ2n) is 4.93. The Morgan fingerprint density at radius 3 is 2.65 bits per heavy atom. The number of thiophene rings is 1. The Labute approximate surface area is 122 Å². The Hall–Kier alpha value is -1.93. The molecular weight excluding hydrogens is 264 g/mol. The first-order valence-corrected chi connectivity index (χ1v) is 7.71. The molecule has 0 radical (unpaired) electrons. The van der Waals surface area contributed by atoms with Gasteiger partial charge in [0.25, 0.3) is 0 Å². The van der Waals surface area contributed by atoms with Crippen molar-refractivity contribution in [2.45, 2.75) is 19.3 Å². The van der Waals surface area contributed by atoms with E-state index in [4.69, 9.17) is 0 Å². The van der Waals surface area contributed by atoms with Crippen molar-refractivity contribution in [3.05, 3.63) is 70.4 Å². The third-order valence-corrected chi connectivity index (χ3v) is 4.43. The fraction of sp³-hybridized carbons (Fsp3) is 0.167. The maximum atomic E-state index is 12.2. The lowest BCUT2D eigenvalue weighted by Crippen LogP contribution is -2.04. The molecule has 0 aliphatic rings. The number of hydrogen-bond acceptors (Lipinski definition) is 2. The van der Waals surface area contributed by atoms with E-state index in [1.54, 1.807) is 11.3 Å². The topological polar surface area (TPSA) is 17.1 Å². The summed E-state index contributed by atoms with van der Waals surface area (Å²) in [6.45, 7) is 0. The maximum Gasteiger partial charge on any atom is 0.137 e. The van der Waals surface area contributed by atoms with E-state index >= 15 is 0 Å². The lowest BCUT2D eigenvalue weighted by molar-refractivity contribution is -0.118. The van der Waals surface area contributed by atoms with E-state index in [1.807, 2.05) is 24.3 Å². The monoisotopic (exact) mass is 280 g/mol. The zero-order chi connectivity index (χ0) is 13.8. The van der Waals surface area contributed by atoms with Gasteiger partial charge in [-0.2, -0.15) is 0 Å². The molecular formula is C18H16OS. The summed E-state index contributed by atoms with van der Waals surface area (Å²) in [5.41, 5.74) is 1.14. The summed E-state index contributed by atoms with van der Waals surface area (Å²) >= 11 is 1.72. The van der Waals surface area contributed by atoms with Gasteiger partial charge in [-0.1, -0.05) is 48.5 Å². The van der Waals surface area contributed by atoms with E-state index in [0.29, 0.717) is 18.6 Å². The first kappa shape index (κ1) is 13.1. The van der Waals surface area contributed by atoms with Crippen LogP contribution in [0.1, 0.15) is 16.9 Å². The number of ketones is 1. The van der Waals surface area contributed by atoms with Gasteiger partial charge in [0.15, 0.2) is 0 Å². The number of aryl methyl sites for hydroxylation is 1. The van der Waals surface area contributed by atoms with Crippen molar-refractivity contribution in [2.24, 2.45) is 0 Å². The molecule has 0 spiro atoms. The molecule has 1 heterocycles. The molecule has 20 heavy (non-hydrogen) atoms. The Balaban J connectivity index is 1.71. The van der Waals surface area contributed by atoms with Crippen molar-refractivity contribution in [1.82, 2.24) is 0 Å². The van der Waals surface area contributed by atoms with E-state index in [9.17, 15) is 4.79 Å². The highest BCUT2D eigenvalue weighted by molar-refractivity contribution is 7.09. The molecule has 3 aromatic rings. The van der Waals surface area contributed by atoms with E-state index in [1.165, 1.54) is 15.6 Å². The van der Waals surface area contributed by atoms with Crippen LogP contribution in [0.25, 0.3) is 10.8 Å². The standard InChI is InChI=1S/C18H16OS/c19-16(10-11-17-8-4-12-20-17)13-15-7-3-6-14-5-1-2-9-18(14)15/h1-9,12H,10-11,13H2. The van der Waals surface area contributed by atoms with Gasteiger partial charge in [-0.3, -0.25) is 4.79 Å². The molecule has 0 N–H and O–H groups in total. The molecule has 0 saturated carbocycles. The second-order valence-corrected chi connectivity index (χ2v) is 5.97. The van der Waals surface area contributed by atoms with Crippen molar-refractivity contribution < 1.29 is 4.79 Å². The number of Topliss-reactive ketones (excluding diaryl/α,β-unsaturated/α-hetero) is 1. The molecule has 0 bridgehead atoms. The summed E-state index contributed by atoms with van der Waals surface area (Å²) in [5, 5.41) is 4.46. The van der Waals surface area contributed by atoms with Crippen LogP contribution in [0.4, 0.5) is 0 Å². The van der Waals surface area contributed by atoms with Gasteiger partial charge in [0, 0.05) is 17.7 Å². The molecule has 100 valence electrons. The average Bonchev–Trinajstić information content (AvgIpc) is 2.99. The molecule has 0 aliphatic heterocycles. The summed E-state index contributed by atoms with van der Waals surface area (Å²) in [6.07, 6.45) is 2.03. The Kier molecular flexibility index (Phi) is 3.93. The minimum absolute atomic E-state index is 0.315. The number of fused-ring (bicyclic) bond motifs is 1. The van der Waals surface area contributed by atoms with Crippen LogP contribution in [0, 0.1) is 0 Å². The van der Waals surface area contributed by atoms with Gasteiger partial charge in [0.1, 0.15) is 5.78 Å². The molecule has 0 unspecified atom stereocenters. The molecule has 3 rings (SSSR count). The Bertz CT molecular complexity index is 708. The van der Waals surface area contributed by atoms with Crippen molar-refractivity contribution >= 4 is 27.9 Å². The summed E-state index contributed by atoms with van der Waals surface area (Å²) in [6, 6.07) is 18.6. The molecule has 1 nitrogen and oxygen atoms in total. The summed E-state index contributed by atoms with van der Waals surface area (Å²) < 4.78 is 0. The first-order chi connectivity index (χ1) is 9.83. The smallest absolute Gasteiger partial charge is 0.137 e. The van der Waals surface area contributed by atoms with Crippen molar-refractivity contribution in [1.29, 1.82) is 0 Å². The van der Waals surface area contributed by atoms with Crippen LogP contribution in [0.3, 0.4) is 0 Å². The van der Waals surface area contributed by atoms with Gasteiger partial charge in [-0.05, 0) is 34.2 Å². The Morgan fingerprint density at radius 2 is 1.80 bits per heavy atom. The lowest BCUT2D eigenvalue weighted by atomic mass is 9.99. The first-order valence-electron chi connectivity index (χ1n) is 6.83. The molecule has 0 amide bonds. The zero-order valence-electron chi connectivity index (χ0n) is 11.2. The molecule has 2 heteroatoms. The van der Waals surface area contributed by atoms with Crippen LogP contribution in [-0.2, 0) is 17.6 Å². The molecule has 2 aromatic carbocycles. The predicted molar refractivity (Wildman–Crippen MR) is 85.3 cm³/mol. The molecule has 0 fully saturated rings. The number of carbonyl (C=O) groups excluding carboxylic acids is 1. The summed E-state index contributed by atoms with van der Waals surface area (Å²) in [5.74, 6) is 0.315. The van der Waals surface area contributed by atoms with Crippen LogP contribution in [0.15, 0.2) is 60.0 Å². The maximum absolute atomic E-state index is 12.2. The fourth-order valence-corrected chi connectivity index (χ4v) is 3.17. The van der Waals surface area contributed by atoms with Gasteiger partial charge in [-0.25, -0.2) is 0 Å². The highest BCUT2D eigenvalue weighted by Gasteiger charge is 2.07. The minimum Gasteiger partial charge on any atom is -0.299 e. The van der Waals surface area contributed by atoms with E-state index in [2.05, 4.69) is 35.7 Å². The quantitative estimate of drug-likeness (QED) is 0.665. The van der Waals surface area contributed by atoms with Gasteiger partial charge in [0.05, 0.1) is 0 Å². The van der Waals surface area contributed by atoms with Crippen molar-refractivity contribution in [2.75, 3.05) is 0 Å². The number of carbonyl (C=O) groups is 1. The van der Waals surface area contributed by atoms with E-state index in [-0.39, 0.29) is 0 Å². The highest BCUT2D eigenvalue weighted by Crippen LogP contribution is 2.20. The minimum atomic E-state index is 0.315. The average molecular weight is 280 g/mol. The SMILES string of the molecule is O=C(CCc1cccs1)Cc1cccc2ccccc12. The highest BCUT2D eigenvalue weighted by atomic mass is 32.1. The Morgan fingerprint density at radius 1 is 0.950 bits per heavy atom. The number of benzene rings is 2. The largest absolute Gasteiger partial charge is 0.299 e.